The van der Waals surface area contributed by atoms with Gasteiger partial charge in [0.2, 0.25) is 11.8 Å². The lowest BCUT2D eigenvalue weighted by atomic mass is 10.1. The third-order valence-corrected chi connectivity index (χ3v) is 2.27. The summed E-state index contributed by atoms with van der Waals surface area (Å²) in [6.07, 6.45) is 0. The Morgan fingerprint density at radius 3 is 2.20 bits per heavy atom. The van der Waals surface area contributed by atoms with Crippen molar-refractivity contribution < 1.29 is 9.59 Å². The summed E-state index contributed by atoms with van der Waals surface area (Å²) in [6, 6.07) is 8.31. The van der Waals surface area contributed by atoms with E-state index in [-0.39, 0.29) is 5.91 Å². The first-order valence-corrected chi connectivity index (χ1v) is 4.61. The molecular formula is C11H14N2O2. The number of hydrogen-bond donors (Lipinski definition) is 1. The monoisotopic (exact) mass is 206 g/mol. The summed E-state index contributed by atoms with van der Waals surface area (Å²) in [7, 11) is 1.56. The Morgan fingerprint density at radius 1 is 1.27 bits per heavy atom. The topological polar surface area (TPSA) is 63.4 Å². The Balaban J connectivity index is 3.04. The van der Waals surface area contributed by atoms with Crippen LogP contribution in [0.3, 0.4) is 0 Å². The van der Waals surface area contributed by atoms with Gasteiger partial charge in [-0.2, -0.15) is 0 Å². The molecule has 1 aromatic carbocycles. The second-order valence-corrected chi connectivity index (χ2v) is 3.35. The molecule has 4 heteroatoms. The minimum atomic E-state index is -0.691. The molecule has 1 rings (SSSR count). The minimum absolute atomic E-state index is 0.192. The summed E-state index contributed by atoms with van der Waals surface area (Å²) in [4.78, 5) is 23.8. The first-order chi connectivity index (χ1) is 7.04. The van der Waals surface area contributed by atoms with Crippen LogP contribution in [0.4, 0.5) is 0 Å². The molecule has 1 aromatic rings. The quantitative estimate of drug-likeness (QED) is 0.790. The molecule has 2 N–H and O–H groups in total. The average molecular weight is 206 g/mol. The van der Waals surface area contributed by atoms with Crippen molar-refractivity contribution in [2.45, 2.75) is 13.0 Å². The van der Waals surface area contributed by atoms with E-state index in [9.17, 15) is 9.59 Å². The van der Waals surface area contributed by atoms with Gasteiger partial charge >= 0.3 is 0 Å². The zero-order valence-electron chi connectivity index (χ0n) is 8.81. The molecule has 0 heterocycles. The zero-order valence-corrected chi connectivity index (χ0v) is 8.81. The van der Waals surface area contributed by atoms with Crippen LogP contribution in [0.2, 0.25) is 0 Å². The van der Waals surface area contributed by atoms with Gasteiger partial charge < -0.3 is 10.6 Å². The number of likely N-dealkylation sites (N-methyl/N-ethyl adjacent to an activating group) is 1. The van der Waals surface area contributed by atoms with E-state index in [1.807, 2.05) is 6.07 Å². The lowest BCUT2D eigenvalue weighted by molar-refractivity contribution is -0.136. The van der Waals surface area contributed by atoms with Crippen LogP contribution in [0.5, 0.6) is 0 Å². The largest absolute Gasteiger partial charge is 0.368 e. The van der Waals surface area contributed by atoms with Gasteiger partial charge in [0.25, 0.3) is 0 Å². The molecule has 1 unspecified atom stereocenters. The Morgan fingerprint density at radius 2 is 1.80 bits per heavy atom. The fraction of sp³-hybridized carbons (Fsp3) is 0.273. The number of amides is 2. The second-order valence-electron chi connectivity index (χ2n) is 3.35. The number of carbonyl (C=O) groups excluding carboxylic acids is 2. The molecule has 0 aromatic heterocycles. The van der Waals surface area contributed by atoms with Crippen LogP contribution in [-0.2, 0) is 9.59 Å². The van der Waals surface area contributed by atoms with E-state index in [4.69, 9.17) is 5.73 Å². The number of nitrogens with two attached hydrogens (primary N) is 1. The molecule has 15 heavy (non-hydrogen) atoms. The number of primary amides is 1. The van der Waals surface area contributed by atoms with Crippen LogP contribution in [0.15, 0.2) is 30.3 Å². The van der Waals surface area contributed by atoms with Gasteiger partial charge in [0.15, 0.2) is 0 Å². The van der Waals surface area contributed by atoms with Crippen LogP contribution in [0.25, 0.3) is 0 Å². The third-order valence-electron chi connectivity index (χ3n) is 2.27. The predicted octanol–water partition coefficient (Wildman–Crippen LogP) is 0.691. The molecule has 0 aliphatic carbocycles. The number of benzene rings is 1. The highest BCUT2D eigenvalue weighted by Gasteiger charge is 2.24. The molecule has 0 saturated heterocycles. The summed E-state index contributed by atoms with van der Waals surface area (Å²) in [5, 5.41) is 0. The van der Waals surface area contributed by atoms with Gasteiger partial charge in [-0.25, -0.2) is 0 Å². The van der Waals surface area contributed by atoms with Crippen LogP contribution < -0.4 is 5.73 Å². The van der Waals surface area contributed by atoms with Crippen molar-refractivity contribution in [3.05, 3.63) is 35.9 Å². The molecule has 0 aliphatic rings. The Bertz CT molecular complexity index is 362. The van der Waals surface area contributed by atoms with E-state index in [2.05, 4.69) is 0 Å². The molecule has 0 fully saturated rings. The van der Waals surface area contributed by atoms with Crippen molar-refractivity contribution in [2.75, 3.05) is 7.05 Å². The standard InChI is InChI=1S/C11H14N2O2/c1-8(14)13(2)10(11(12)15)9-6-4-3-5-7-9/h3-7,10H,1-2H3,(H2,12,15). The molecule has 2 amide bonds. The smallest absolute Gasteiger partial charge is 0.244 e. The minimum Gasteiger partial charge on any atom is -0.368 e. The number of carbonyl (C=O) groups is 2. The highest BCUT2D eigenvalue weighted by atomic mass is 16.2. The van der Waals surface area contributed by atoms with E-state index in [1.54, 1.807) is 31.3 Å². The van der Waals surface area contributed by atoms with E-state index < -0.39 is 11.9 Å². The average Bonchev–Trinajstić information content (AvgIpc) is 2.18. The van der Waals surface area contributed by atoms with Gasteiger partial charge in [0.1, 0.15) is 6.04 Å². The van der Waals surface area contributed by atoms with Crippen molar-refractivity contribution in [3.8, 4) is 0 Å². The Hall–Kier alpha value is -1.84. The van der Waals surface area contributed by atoms with Crippen molar-refractivity contribution >= 4 is 11.8 Å². The van der Waals surface area contributed by atoms with Crippen molar-refractivity contribution in [3.63, 3.8) is 0 Å². The van der Waals surface area contributed by atoms with E-state index in [0.29, 0.717) is 0 Å². The normalized spacial score (nSPS) is 11.9. The fourth-order valence-corrected chi connectivity index (χ4v) is 1.40. The van der Waals surface area contributed by atoms with Gasteiger partial charge in [-0.05, 0) is 5.56 Å². The summed E-state index contributed by atoms with van der Waals surface area (Å²) >= 11 is 0. The van der Waals surface area contributed by atoms with Gasteiger partial charge in [-0.3, -0.25) is 9.59 Å². The van der Waals surface area contributed by atoms with Crippen molar-refractivity contribution in [1.82, 2.24) is 4.90 Å². The molecule has 1 atom stereocenters. The summed E-state index contributed by atoms with van der Waals surface area (Å²) in [6.45, 7) is 1.40. The molecule has 0 bridgehead atoms. The van der Waals surface area contributed by atoms with Crippen LogP contribution in [0.1, 0.15) is 18.5 Å². The highest BCUT2D eigenvalue weighted by molar-refractivity contribution is 5.86. The van der Waals surface area contributed by atoms with Crippen LogP contribution in [0, 0.1) is 0 Å². The highest BCUT2D eigenvalue weighted by Crippen LogP contribution is 2.18. The molecular weight excluding hydrogens is 192 g/mol. The molecule has 0 spiro atoms. The number of rotatable bonds is 3. The molecule has 0 radical (unpaired) electrons. The van der Waals surface area contributed by atoms with Gasteiger partial charge in [0, 0.05) is 14.0 Å². The van der Waals surface area contributed by atoms with E-state index in [1.165, 1.54) is 11.8 Å². The SMILES string of the molecule is CC(=O)N(C)C(C(N)=O)c1ccccc1. The maximum atomic E-state index is 11.3. The number of nitrogens with zero attached hydrogens (tertiary/aromatic N) is 1. The van der Waals surface area contributed by atoms with Gasteiger partial charge in [-0.15, -0.1) is 0 Å². The van der Waals surface area contributed by atoms with Crippen molar-refractivity contribution in [1.29, 1.82) is 0 Å². The Kier molecular flexibility index (Phi) is 3.44. The Labute approximate surface area is 88.7 Å². The lowest BCUT2D eigenvalue weighted by Crippen LogP contribution is -2.37. The van der Waals surface area contributed by atoms with Gasteiger partial charge in [0.05, 0.1) is 0 Å². The van der Waals surface area contributed by atoms with Gasteiger partial charge in [-0.1, -0.05) is 30.3 Å². The lowest BCUT2D eigenvalue weighted by Gasteiger charge is -2.24. The summed E-state index contributed by atoms with van der Waals surface area (Å²) in [5.74, 6) is -0.721. The molecule has 0 saturated carbocycles. The van der Waals surface area contributed by atoms with E-state index >= 15 is 0 Å². The third kappa shape index (κ3) is 2.56. The predicted molar refractivity (Wildman–Crippen MR) is 56.8 cm³/mol. The number of hydrogen-bond acceptors (Lipinski definition) is 2. The first kappa shape index (κ1) is 11.2. The molecule has 80 valence electrons. The summed E-state index contributed by atoms with van der Waals surface area (Å²) in [5.41, 5.74) is 6.00. The summed E-state index contributed by atoms with van der Waals surface area (Å²) < 4.78 is 0. The maximum absolute atomic E-state index is 11.3. The second kappa shape index (κ2) is 4.59. The fourth-order valence-electron chi connectivity index (χ4n) is 1.40. The molecule has 0 aliphatic heterocycles. The van der Waals surface area contributed by atoms with Crippen LogP contribution >= 0.6 is 0 Å². The van der Waals surface area contributed by atoms with Crippen LogP contribution in [-0.4, -0.2) is 23.8 Å². The first-order valence-electron chi connectivity index (χ1n) is 4.61. The maximum Gasteiger partial charge on any atom is 0.244 e. The zero-order chi connectivity index (χ0) is 11.4. The van der Waals surface area contributed by atoms with E-state index in [0.717, 1.165) is 5.56 Å². The van der Waals surface area contributed by atoms with Crippen molar-refractivity contribution in [2.24, 2.45) is 5.73 Å². The molecule has 4 nitrogen and oxygen atoms in total.